The monoisotopic (exact) mass is 398 g/mol. The van der Waals surface area contributed by atoms with E-state index in [1.165, 1.54) is 48.9 Å². The van der Waals surface area contributed by atoms with Crippen LogP contribution in [0.3, 0.4) is 0 Å². The number of pyridine rings is 2. The molecule has 0 amide bonds. The van der Waals surface area contributed by atoms with E-state index in [9.17, 15) is 0 Å². The van der Waals surface area contributed by atoms with Gasteiger partial charge in [0.05, 0.1) is 10.8 Å². The zero-order valence-corrected chi connectivity index (χ0v) is 16.7. The molecule has 2 aromatic heterocycles. The van der Waals surface area contributed by atoms with Gasteiger partial charge >= 0.3 is 5.85 Å². The SMILES string of the molecule is c1cc2c3c(c1)ccc1ccc[n+](c13)C1(C2)Oc2cccc3ccc4ccc[n+]1c4c23. The fourth-order valence-corrected chi connectivity index (χ4v) is 5.86. The number of fused-ring (bicyclic) bond motifs is 2. The summed E-state index contributed by atoms with van der Waals surface area (Å²) in [5.41, 5.74) is 3.79. The third-order valence-electron chi connectivity index (χ3n) is 7.10. The maximum atomic E-state index is 7.03. The van der Waals surface area contributed by atoms with Crippen molar-refractivity contribution in [1.29, 1.82) is 0 Å². The highest BCUT2D eigenvalue weighted by atomic mass is 16.5. The lowest BCUT2D eigenvalue weighted by Gasteiger charge is -2.31. The van der Waals surface area contributed by atoms with E-state index in [1.807, 2.05) is 0 Å². The Kier molecular flexibility index (Phi) is 2.65. The Morgan fingerprint density at radius 2 is 1.16 bits per heavy atom. The van der Waals surface area contributed by atoms with Gasteiger partial charge in [0.25, 0.3) is 0 Å². The largest absolute Gasteiger partial charge is 0.529 e. The molecule has 0 saturated heterocycles. The van der Waals surface area contributed by atoms with Crippen molar-refractivity contribution in [2.45, 2.75) is 12.3 Å². The minimum atomic E-state index is -0.690. The average molecular weight is 398 g/mol. The molecular weight excluding hydrogens is 380 g/mol. The van der Waals surface area contributed by atoms with Crippen molar-refractivity contribution in [2.75, 3.05) is 0 Å². The Bertz CT molecular complexity index is 1620. The molecule has 2 aliphatic heterocycles. The second-order valence-electron chi connectivity index (χ2n) is 8.65. The van der Waals surface area contributed by atoms with Gasteiger partial charge < -0.3 is 4.74 Å². The van der Waals surface area contributed by atoms with Crippen molar-refractivity contribution >= 4 is 43.4 Å². The van der Waals surface area contributed by atoms with E-state index in [4.69, 9.17) is 4.74 Å². The van der Waals surface area contributed by atoms with Crippen molar-refractivity contribution < 1.29 is 13.9 Å². The highest BCUT2D eigenvalue weighted by molar-refractivity contribution is 6.08. The zero-order valence-electron chi connectivity index (χ0n) is 16.7. The van der Waals surface area contributed by atoms with Crippen molar-refractivity contribution in [2.24, 2.45) is 0 Å². The quantitative estimate of drug-likeness (QED) is 0.260. The van der Waals surface area contributed by atoms with Gasteiger partial charge in [-0.2, -0.15) is 0 Å². The van der Waals surface area contributed by atoms with Crippen molar-refractivity contribution in [3.63, 3.8) is 0 Å². The van der Waals surface area contributed by atoms with Gasteiger partial charge in [0.1, 0.15) is 5.75 Å². The van der Waals surface area contributed by atoms with Gasteiger partial charge in [-0.1, -0.05) is 51.6 Å². The molecule has 31 heavy (non-hydrogen) atoms. The first kappa shape index (κ1) is 15.8. The predicted octanol–water partition coefficient (Wildman–Crippen LogP) is 4.98. The molecule has 0 N–H and O–H groups in total. The molecule has 2 aliphatic rings. The van der Waals surface area contributed by atoms with Crippen LogP contribution in [0.5, 0.6) is 5.75 Å². The maximum absolute atomic E-state index is 7.03. The van der Waals surface area contributed by atoms with Gasteiger partial charge in [-0.05, 0) is 46.7 Å². The van der Waals surface area contributed by atoms with Gasteiger partial charge in [0.15, 0.2) is 18.8 Å². The number of hydrogen-bond donors (Lipinski definition) is 0. The van der Waals surface area contributed by atoms with Crippen LogP contribution in [0.15, 0.2) is 97.3 Å². The predicted molar refractivity (Wildman–Crippen MR) is 121 cm³/mol. The summed E-state index contributed by atoms with van der Waals surface area (Å²) < 4.78 is 11.7. The third-order valence-corrected chi connectivity index (χ3v) is 7.10. The average Bonchev–Trinajstić information content (AvgIpc) is 2.82. The van der Waals surface area contributed by atoms with Crippen LogP contribution >= 0.6 is 0 Å². The summed E-state index contributed by atoms with van der Waals surface area (Å²) in [6, 6.07) is 30.5. The summed E-state index contributed by atoms with van der Waals surface area (Å²) in [6.07, 6.45) is 5.12. The fourth-order valence-electron chi connectivity index (χ4n) is 5.86. The first-order valence-electron chi connectivity index (χ1n) is 10.7. The molecule has 1 unspecified atom stereocenters. The first-order valence-corrected chi connectivity index (χ1v) is 10.7. The summed E-state index contributed by atoms with van der Waals surface area (Å²) in [4.78, 5) is 0. The summed E-state index contributed by atoms with van der Waals surface area (Å²) in [7, 11) is 0. The Hall–Kier alpha value is -3.98. The molecule has 6 aromatic rings. The van der Waals surface area contributed by atoms with Gasteiger partial charge in [0.2, 0.25) is 11.0 Å². The topological polar surface area (TPSA) is 17.0 Å². The van der Waals surface area contributed by atoms with Crippen LogP contribution in [0, 0.1) is 0 Å². The third kappa shape index (κ3) is 1.77. The molecule has 4 aromatic carbocycles. The van der Waals surface area contributed by atoms with Crippen LogP contribution < -0.4 is 13.9 Å². The van der Waals surface area contributed by atoms with E-state index < -0.39 is 5.85 Å². The zero-order chi connectivity index (χ0) is 20.2. The van der Waals surface area contributed by atoms with E-state index in [-0.39, 0.29) is 0 Å². The maximum Gasteiger partial charge on any atom is 0.529 e. The standard InChI is InChI=1S/C28H18N2O/c1-5-18-11-13-20-8-3-15-29-26(20)24(18)22(7-1)17-28(29)30-16-4-9-21-14-12-19-6-2-10-23(31-28)25(19)27(21)30/h1-16H,17H2/q+2. The molecule has 4 heterocycles. The fraction of sp³-hybridized carbons (Fsp3) is 0.0714. The van der Waals surface area contributed by atoms with Crippen LogP contribution in [0.1, 0.15) is 5.56 Å². The van der Waals surface area contributed by atoms with Crippen LogP contribution in [-0.2, 0) is 12.3 Å². The molecule has 8 rings (SSSR count). The summed E-state index contributed by atoms with van der Waals surface area (Å²) in [5.74, 6) is 0.259. The van der Waals surface area contributed by atoms with Gasteiger partial charge in [-0.3, -0.25) is 0 Å². The lowest BCUT2D eigenvalue weighted by molar-refractivity contribution is -1.01. The molecule has 1 atom stereocenters. The van der Waals surface area contributed by atoms with E-state index in [1.54, 1.807) is 0 Å². The van der Waals surface area contributed by atoms with Crippen molar-refractivity contribution in [3.05, 3.63) is 103 Å². The molecule has 0 saturated carbocycles. The Morgan fingerprint density at radius 1 is 0.581 bits per heavy atom. The van der Waals surface area contributed by atoms with Gasteiger partial charge in [0, 0.05) is 22.9 Å². The van der Waals surface area contributed by atoms with Crippen LogP contribution in [0.4, 0.5) is 0 Å². The number of ether oxygens (including phenoxy) is 1. The molecule has 1 spiro atoms. The molecule has 0 radical (unpaired) electrons. The Labute approximate surface area is 178 Å². The normalized spacial score (nSPS) is 18.6. The smallest absolute Gasteiger partial charge is 0.377 e. The summed E-state index contributed by atoms with van der Waals surface area (Å²) in [5, 5.41) is 7.48. The molecule has 3 nitrogen and oxygen atoms in total. The minimum Gasteiger partial charge on any atom is -0.377 e. The van der Waals surface area contributed by atoms with E-state index in [2.05, 4.69) is 106 Å². The molecule has 144 valence electrons. The molecule has 0 bridgehead atoms. The molecule has 0 aliphatic carbocycles. The van der Waals surface area contributed by atoms with E-state index >= 15 is 0 Å². The first-order chi connectivity index (χ1) is 15.3. The summed E-state index contributed by atoms with van der Waals surface area (Å²) in [6.45, 7) is 0. The van der Waals surface area contributed by atoms with Crippen molar-refractivity contribution in [1.82, 2.24) is 0 Å². The van der Waals surface area contributed by atoms with Gasteiger partial charge in [-0.15, -0.1) is 0 Å². The van der Waals surface area contributed by atoms with E-state index in [0.29, 0.717) is 0 Å². The number of benzene rings is 4. The lowest BCUT2D eigenvalue weighted by Crippen LogP contribution is -2.79. The minimum absolute atomic E-state index is 0.690. The summed E-state index contributed by atoms with van der Waals surface area (Å²) >= 11 is 0. The molecular formula is C28H18N2O+2. The number of nitrogens with zero attached hydrogens (tertiary/aromatic N) is 2. The second kappa shape index (κ2) is 5.19. The highest BCUT2D eigenvalue weighted by Gasteiger charge is 2.60. The second-order valence-corrected chi connectivity index (χ2v) is 8.65. The number of hydrogen-bond acceptors (Lipinski definition) is 1. The van der Waals surface area contributed by atoms with Crippen molar-refractivity contribution in [3.8, 4) is 5.75 Å². The van der Waals surface area contributed by atoms with Crippen LogP contribution in [-0.4, -0.2) is 0 Å². The highest BCUT2D eigenvalue weighted by Crippen LogP contribution is 2.41. The van der Waals surface area contributed by atoms with Crippen LogP contribution in [0.25, 0.3) is 43.4 Å². The Balaban J connectivity index is 1.62. The van der Waals surface area contributed by atoms with Crippen LogP contribution in [0.2, 0.25) is 0 Å². The lowest BCUT2D eigenvalue weighted by atomic mass is 9.92. The number of aromatic nitrogens is 2. The molecule has 0 fully saturated rings. The molecule has 3 heteroatoms. The van der Waals surface area contributed by atoms with Gasteiger partial charge in [-0.25, -0.2) is 0 Å². The van der Waals surface area contributed by atoms with E-state index in [0.717, 1.165) is 12.2 Å². The Morgan fingerprint density at radius 3 is 1.90 bits per heavy atom. The number of rotatable bonds is 0.